The Morgan fingerprint density at radius 1 is 0.633 bits per heavy atom. The Morgan fingerprint density at radius 2 is 1.07 bits per heavy atom. The molecular formula is C26H24Cl2NP. The van der Waals surface area contributed by atoms with Crippen LogP contribution in [0.4, 0.5) is 0 Å². The van der Waals surface area contributed by atoms with Gasteiger partial charge in [-0.25, -0.2) is 0 Å². The molecule has 4 rings (SSSR count). The molecule has 0 bridgehead atoms. The first-order valence-electron chi connectivity index (χ1n) is 9.76. The third kappa shape index (κ3) is 4.46. The van der Waals surface area contributed by atoms with E-state index in [-0.39, 0.29) is 12.4 Å². The quantitative estimate of drug-likeness (QED) is 0.447. The molecule has 0 atom stereocenters. The molecule has 0 radical (unpaired) electrons. The van der Waals surface area contributed by atoms with Gasteiger partial charge in [0.2, 0.25) is 0 Å². The van der Waals surface area contributed by atoms with Crippen molar-refractivity contribution in [2.45, 2.75) is 12.7 Å². The second-order valence-corrected chi connectivity index (χ2v) is 11.0. The third-order valence-corrected chi connectivity index (χ3v) is 10.1. The normalized spacial score (nSPS) is 11.0. The molecule has 0 saturated heterocycles. The van der Waals surface area contributed by atoms with Crippen LogP contribution in [-0.4, -0.2) is 0 Å². The molecule has 0 spiro atoms. The van der Waals surface area contributed by atoms with Crippen molar-refractivity contribution in [1.82, 2.24) is 0 Å². The molecule has 1 nitrogen and oxygen atoms in total. The van der Waals surface area contributed by atoms with Gasteiger partial charge in [-0.2, -0.15) is 0 Å². The van der Waals surface area contributed by atoms with Crippen LogP contribution in [0.5, 0.6) is 0 Å². The fraction of sp³-hybridized carbons (Fsp3) is 0.0769. The Hall–Kier alpha value is -2.15. The van der Waals surface area contributed by atoms with E-state index in [0.29, 0.717) is 6.54 Å². The van der Waals surface area contributed by atoms with Gasteiger partial charge in [0.25, 0.3) is 0 Å². The van der Waals surface area contributed by atoms with E-state index in [4.69, 9.17) is 17.3 Å². The number of rotatable bonds is 6. The predicted octanol–water partition coefficient (Wildman–Crippen LogP) is 2.30. The van der Waals surface area contributed by atoms with Crippen LogP contribution >= 0.6 is 18.9 Å². The molecule has 0 amide bonds. The summed E-state index contributed by atoms with van der Waals surface area (Å²) >= 11 is 6.53. The summed E-state index contributed by atoms with van der Waals surface area (Å²) in [7, 11) is -1.91. The van der Waals surface area contributed by atoms with Crippen LogP contribution in [0.3, 0.4) is 0 Å². The summed E-state index contributed by atoms with van der Waals surface area (Å²) in [5, 5.41) is 4.86. The molecule has 152 valence electrons. The van der Waals surface area contributed by atoms with Crippen LogP contribution < -0.4 is 34.1 Å². The Morgan fingerprint density at radius 3 is 1.43 bits per heavy atom. The Balaban J connectivity index is 0.00000256. The van der Waals surface area contributed by atoms with Crippen LogP contribution in [0.15, 0.2) is 109 Å². The molecule has 0 aliphatic carbocycles. The number of benzene rings is 4. The first-order valence-corrected chi connectivity index (χ1v) is 12.1. The van der Waals surface area contributed by atoms with E-state index in [0.717, 1.165) is 16.7 Å². The predicted molar refractivity (Wildman–Crippen MR) is 128 cm³/mol. The minimum atomic E-state index is -1.91. The van der Waals surface area contributed by atoms with Crippen LogP contribution in [0.1, 0.15) is 11.1 Å². The second-order valence-electron chi connectivity index (χ2n) is 7.10. The number of nitrogens with two attached hydrogens (primary N) is 1. The zero-order valence-corrected chi connectivity index (χ0v) is 19.0. The highest BCUT2D eigenvalue weighted by Crippen LogP contribution is 2.58. The molecule has 4 heteroatoms. The molecule has 0 aliphatic heterocycles. The maximum absolute atomic E-state index is 6.53. The van der Waals surface area contributed by atoms with E-state index in [2.05, 4.69) is 109 Å². The highest BCUT2D eigenvalue weighted by Gasteiger charge is 2.45. The van der Waals surface area contributed by atoms with Gasteiger partial charge in [-0.3, -0.25) is 0 Å². The summed E-state index contributed by atoms with van der Waals surface area (Å²) in [6, 6.07) is 39.0. The summed E-state index contributed by atoms with van der Waals surface area (Å²) in [6.45, 7) is 0.454. The van der Waals surface area contributed by atoms with Crippen molar-refractivity contribution in [2.24, 2.45) is 5.73 Å². The largest absolute Gasteiger partial charge is 1.00 e. The molecule has 0 fully saturated rings. The number of halogens is 2. The van der Waals surface area contributed by atoms with Crippen molar-refractivity contribution in [3.63, 3.8) is 0 Å². The van der Waals surface area contributed by atoms with Crippen LogP contribution in [-0.2, 0) is 12.7 Å². The smallest absolute Gasteiger partial charge is 0.116 e. The van der Waals surface area contributed by atoms with Gasteiger partial charge >= 0.3 is 0 Å². The molecule has 0 unspecified atom stereocenters. The first kappa shape index (κ1) is 22.5. The van der Waals surface area contributed by atoms with Gasteiger partial charge in [0.1, 0.15) is 23.2 Å². The zero-order chi connectivity index (χ0) is 20.1. The van der Waals surface area contributed by atoms with Crippen molar-refractivity contribution in [3.05, 3.63) is 125 Å². The lowest BCUT2D eigenvalue weighted by Gasteiger charge is -2.28. The molecular weight excluding hydrogens is 428 g/mol. The molecule has 2 N–H and O–H groups in total. The van der Waals surface area contributed by atoms with E-state index >= 15 is 0 Å². The summed E-state index contributed by atoms with van der Waals surface area (Å²) in [5.74, 6) is 0. The summed E-state index contributed by atoms with van der Waals surface area (Å²) in [5.41, 5.74) is 8.04. The second kappa shape index (κ2) is 10.2. The van der Waals surface area contributed by atoms with Crippen molar-refractivity contribution >= 4 is 34.8 Å². The van der Waals surface area contributed by atoms with E-state index in [1.165, 1.54) is 21.5 Å². The Bertz CT molecular complexity index is 973. The molecule has 0 aliphatic rings. The minimum Gasteiger partial charge on any atom is -1.00 e. The van der Waals surface area contributed by atoms with Crippen molar-refractivity contribution in [2.75, 3.05) is 0 Å². The van der Waals surface area contributed by atoms with Gasteiger partial charge in [0.15, 0.2) is 0 Å². The van der Waals surface area contributed by atoms with Gasteiger partial charge in [-0.05, 0) is 53.6 Å². The van der Waals surface area contributed by atoms with Crippen LogP contribution in [0.25, 0.3) is 0 Å². The average molecular weight is 452 g/mol. The fourth-order valence-corrected chi connectivity index (χ4v) is 8.41. The number of hydrogen-bond acceptors (Lipinski definition) is 1. The van der Waals surface area contributed by atoms with Gasteiger partial charge < -0.3 is 18.1 Å². The monoisotopic (exact) mass is 451 g/mol. The van der Waals surface area contributed by atoms with Gasteiger partial charge in [-0.1, -0.05) is 78.3 Å². The molecule has 0 heterocycles. The minimum absolute atomic E-state index is 0. The van der Waals surface area contributed by atoms with Crippen molar-refractivity contribution in [1.29, 1.82) is 0 Å². The standard InChI is InChI=1S/C26H24ClNP.ClH/c27-26-18-21(16-17-22(26)19-28)20-29(23-10-4-1-5-11-23,24-12-6-2-7-13-24)25-14-8-3-9-15-25;/h1-18H,19-20,28H2;1H/q+1;/p-1. The Labute approximate surface area is 190 Å². The van der Waals surface area contributed by atoms with Gasteiger partial charge in [0.05, 0.1) is 6.16 Å². The average Bonchev–Trinajstić information content (AvgIpc) is 2.79. The van der Waals surface area contributed by atoms with Crippen molar-refractivity contribution < 1.29 is 12.4 Å². The summed E-state index contributed by atoms with van der Waals surface area (Å²) in [6.07, 6.45) is 0.912. The molecule has 4 aromatic rings. The van der Waals surface area contributed by atoms with E-state index < -0.39 is 7.26 Å². The highest BCUT2D eigenvalue weighted by atomic mass is 35.5. The molecule has 4 aromatic carbocycles. The summed E-state index contributed by atoms with van der Waals surface area (Å²) in [4.78, 5) is 0. The van der Waals surface area contributed by atoms with Crippen molar-refractivity contribution in [3.8, 4) is 0 Å². The highest BCUT2D eigenvalue weighted by molar-refractivity contribution is 7.95. The topological polar surface area (TPSA) is 26.0 Å². The van der Waals surface area contributed by atoms with E-state index in [9.17, 15) is 0 Å². The zero-order valence-electron chi connectivity index (χ0n) is 16.6. The maximum atomic E-state index is 6.53. The lowest BCUT2D eigenvalue weighted by molar-refractivity contribution is -0.00000564. The van der Waals surface area contributed by atoms with Crippen LogP contribution in [0, 0.1) is 0 Å². The molecule has 0 aromatic heterocycles. The Kier molecular flexibility index (Phi) is 7.69. The van der Waals surface area contributed by atoms with Gasteiger partial charge in [0, 0.05) is 11.6 Å². The first-order chi connectivity index (χ1) is 14.2. The van der Waals surface area contributed by atoms with Crippen LogP contribution in [0.2, 0.25) is 5.02 Å². The molecule has 30 heavy (non-hydrogen) atoms. The SMILES string of the molecule is NCc1ccc(C[P+](c2ccccc2)(c2ccccc2)c2ccccc2)cc1Cl.[Cl-]. The van der Waals surface area contributed by atoms with E-state index in [1.807, 2.05) is 0 Å². The van der Waals surface area contributed by atoms with E-state index in [1.54, 1.807) is 0 Å². The molecule has 0 saturated carbocycles. The summed E-state index contributed by atoms with van der Waals surface area (Å²) < 4.78 is 0. The fourth-order valence-electron chi connectivity index (χ4n) is 3.90. The van der Waals surface area contributed by atoms with Gasteiger partial charge in [-0.15, -0.1) is 0 Å². The lowest BCUT2D eigenvalue weighted by atomic mass is 10.1. The maximum Gasteiger partial charge on any atom is 0.116 e. The lowest BCUT2D eigenvalue weighted by Crippen LogP contribution is -3.00. The third-order valence-electron chi connectivity index (χ3n) is 5.35. The number of hydrogen-bond donors (Lipinski definition) is 1.